The third kappa shape index (κ3) is 3.67. The van der Waals surface area contributed by atoms with Gasteiger partial charge in [-0.25, -0.2) is 4.98 Å². The van der Waals surface area contributed by atoms with E-state index in [0.717, 1.165) is 28.6 Å². The number of amides is 1. The van der Waals surface area contributed by atoms with Crippen molar-refractivity contribution >= 4 is 38.3 Å². The zero-order chi connectivity index (χ0) is 14.5. The smallest absolute Gasteiger partial charge is 0.226 e. The predicted molar refractivity (Wildman–Crippen MR) is 88.2 cm³/mol. The minimum absolute atomic E-state index is 0.0336. The molecule has 0 spiro atoms. The molecular formula is C15H17BrN2OS. The van der Waals surface area contributed by atoms with Crippen molar-refractivity contribution < 1.29 is 4.79 Å². The summed E-state index contributed by atoms with van der Waals surface area (Å²) in [6, 6.07) is 8.08. The second-order valence-corrected chi connectivity index (χ2v) is 6.45. The number of carbonyl (C=O) groups excluding carboxylic acids is 1. The van der Waals surface area contributed by atoms with Crippen molar-refractivity contribution in [3.63, 3.8) is 0 Å². The molecule has 1 aromatic heterocycles. The molecule has 2 rings (SSSR count). The highest BCUT2D eigenvalue weighted by atomic mass is 79.9. The summed E-state index contributed by atoms with van der Waals surface area (Å²) >= 11 is 4.99. The highest BCUT2D eigenvalue weighted by molar-refractivity contribution is 9.10. The van der Waals surface area contributed by atoms with E-state index in [1.807, 2.05) is 31.2 Å². The van der Waals surface area contributed by atoms with Gasteiger partial charge in [-0.3, -0.25) is 4.79 Å². The van der Waals surface area contributed by atoms with E-state index >= 15 is 0 Å². The van der Waals surface area contributed by atoms with Gasteiger partial charge in [0.2, 0.25) is 5.91 Å². The number of nitrogens with one attached hydrogen (secondary N) is 1. The van der Waals surface area contributed by atoms with Gasteiger partial charge < -0.3 is 5.32 Å². The van der Waals surface area contributed by atoms with Crippen LogP contribution in [0.5, 0.6) is 0 Å². The molecule has 20 heavy (non-hydrogen) atoms. The lowest BCUT2D eigenvalue weighted by Gasteiger charge is -2.00. The molecule has 3 nitrogen and oxygen atoms in total. The van der Waals surface area contributed by atoms with Gasteiger partial charge in [0.25, 0.3) is 0 Å². The lowest BCUT2D eigenvalue weighted by Crippen LogP contribution is -2.10. The first kappa shape index (κ1) is 15.2. The van der Waals surface area contributed by atoms with E-state index in [1.54, 1.807) is 11.3 Å². The van der Waals surface area contributed by atoms with Crippen LogP contribution in [0, 0.1) is 0 Å². The molecule has 0 saturated carbocycles. The highest BCUT2D eigenvalue weighted by Gasteiger charge is 2.13. The molecule has 1 heterocycles. The zero-order valence-corrected chi connectivity index (χ0v) is 14.0. The Hall–Kier alpha value is -1.20. The minimum Gasteiger partial charge on any atom is -0.302 e. The molecular weight excluding hydrogens is 336 g/mol. The van der Waals surface area contributed by atoms with Crippen molar-refractivity contribution in [3.8, 4) is 11.3 Å². The second kappa shape index (κ2) is 6.99. The summed E-state index contributed by atoms with van der Waals surface area (Å²) in [6.45, 7) is 4.10. The van der Waals surface area contributed by atoms with Crippen LogP contribution in [-0.4, -0.2) is 10.9 Å². The van der Waals surface area contributed by atoms with E-state index in [0.29, 0.717) is 11.6 Å². The van der Waals surface area contributed by atoms with Crippen LogP contribution in [0.25, 0.3) is 11.3 Å². The van der Waals surface area contributed by atoms with Gasteiger partial charge >= 0.3 is 0 Å². The Bertz CT molecular complexity index is 592. The van der Waals surface area contributed by atoms with Gasteiger partial charge in [-0.1, -0.05) is 41.9 Å². The Morgan fingerprint density at radius 2 is 2.00 bits per heavy atom. The van der Waals surface area contributed by atoms with Crippen molar-refractivity contribution in [2.45, 2.75) is 33.1 Å². The molecule has 1 amide bonds. The summed E-state index contributed by atoms with van der Waals surface area (Å²) in [5.41, 5.74) is 2.05. The fraction of sp³-hybridized carbons (Fsp3) is 0.333. The first-order chi connectivity index (χ1) is 9.63. The van der Waals surface area contributed by atoms with Crippen molar-refractivity contribution in [3.05, 3.63) is 33.6 Å². The molecule has 0 radical (unpaired) electrons. The number of hydrogen-bond donors (Lipinski definition) is 1. The van der Waals surface area contributed by atoms with Gasteiger partial charge in [0.1, 0.15) is 0 Å². The van der Waals surface area contributed by atoms with Crippen LogP contribution in [-0.2, 0) is 11.2 Å². The molecule has 2 aromatic rings. The van der Waals surface area contributed by atoms with Crippen molar-refractivity contribution in [2.24, 2.45) is 0 Å². The van der Waals surface area contributed by atoms with Crippen LogP contribution in [0.1, 0.15) is 31.6 Å². The maximum absolute atomic E-state index is 11.7. The molecule has 0 aliphatic carbocycles. The lowest BCUT2D eigenvalue weighted by atomic mass is 10.1. The maximum atomic E-state index is 11.7. The predicted octanol–water partition coefficient (Wildman–Crippen LogP) is 4.87. The quantitative estimate of drug-likeness (QED) is 0.833. The van der Waals surface area contributed by atoms with E-state index in [1.165, 1.54) is 4.88 Å². The number of benzene rings is 1. The zero-order valence-electron chi connectivity index (χ0n) is 11.6. The fourth-order valence-electron chi connectivity index (χ4n) is 1.89. The molecule has 0 fully saturated rings. The van der Waals surface area contributed by atoms with Gasteiger partial charge in [-0.2, -0.15) is 0 Å². The first-order valence-corrected chi connectivity index (χ1v) is 8.30. The average Bonchev–Trinajstić information content (AvgIpc) is 2.82. The molecule has 0 atom stereocenters. The summed E-state index contributed by atoms with van der Waals surface area (Å²) in [4.78, 5) is 17.4. The maximum Gasteiger partial charge on any atom is 0.226 e. The minimum atomic E-state index is 0.0336. The molecule has 0 saturated heterocycles. The Balaban J connectivity index is 2.27. The average molecular weight is 353 g/mol. The highest BCUT2D eigenvalue weighted by Crippen LogP contribution is 2.32. The Labute approximate surface area is 131 Å². The Kier molecular flexibility index (Phi) is 5.31. The van der Waals surface area contributed by atoms with Crippen LogP contribution in [0.2, 0.25) is 0 Å². The number of carbonyl (C=O) groups is 1. The molecule has 1 aromatic carbocycles. The molecule has 1 N–H and O–H groups in total. The number of rotatable bonds is 5. The van der Waals surface area contributed by atoms with Crippen LogP contribution in [0.3, 0.4) is 0 Å². The monoisotopic (exact) mass is 352 g/mol. The molecule has 0 aliphatic heterocycles. The summed E-state index contributed by atoms with van der Waals surface area (Å²) in [7, 11) is 0. The SMILES string of the molecule is CCCC(=O)Nc1nc(-c2ccc(Br)cc2)c(CC)s1. The van der Waals surface area contributed by atoms with Gasteiger partial charge in [0, 0.05) is 21.3 Å². The lowest BCUT2D eigenvalue weighted by molar-refractivity contribution is -0.116. The third-order valence-corrected chi connectivity index (χ3v) is 4.50. The van der Waals surface area contributed by atoms with E-state index in [2.05, 4.69) is 33.2 Å². The number of nitrogens with zero attached hydrogens (tertiary/aromatic N) is 1. The first-order valence-electron chi connectivity index (χ1n) is 6.69. The Morgan fingerprint density at radius 3 is 2.60 bits per heavy atom. The second-order valence-electron chi connectivity index (χ2n) is 4.45. The molecule has 0 unspecified atom stereocenters. The summed E-state index contributed by atoms with van der Waals surface area (Å²) < 4.78 is 1.05. The van der Waals surface area contributed by atoms with Gasteiger partial charge in [0.05, 0.1) is 5.69 Å². The number of thiazole rings is 1. The van der Waals surface area contributed by atoms with E-state index in [4.69, 9.17) is 0 Å². The van der Waals surface area contributed by atoms with Crippen molar-refractivity contribution in [1.29, 1.82) is 0 Å². The number of hydrogen-bond acceptors (Lipinski definition) is 3. The van der Waals surface area contributed by atoms with Crippen LogP contribution < -0.4 is 5.32 Å². The number of aromatic nitrogens is 1. The molecule has 0 bridgehead atoms. The van der Waals surface area contributed by atoms with Crippen molar-refractivity contribution in [1.82, 2.24) is 4.98 Å². The van der Waals surface area contributed by atoms with Gasteiger partial charge in [-0.15, -0.1) is 11.3 Å². The standard InChI is InChI=1S/C15H17BrN2OS/c1-3-5-13(19)17-15-18-14(12(4-2)20-15)10-6-8-11(16)9-7-10/h6-9H,3-5H2,1-2H3,(H,17,18,19). The molecule has 106 valence electrons. The number of halogens is 1. The Morgan fingerprint density at radius 1 is 1.30 bits per heavy atom. The van der Waals surface area contributed by atoms with Gasteiger partial charge in [-0.05, 0) is 25.0 Å². The normalized spacial score (nSPS) is 10.6. The van der Waals surface area contributed by atoms with Crippen LogP contribution in [0.15, 0.2) is 28.7 Å². The van der Waals surface area contributed by atoms with Crippen LogP contribution in [0.4, 0.5) is 5.13 Å². The van der Waals surface area contributed by atoms with E-state index in [9.17, 15) is 4.79 Å². The van der Waals surface area contributed by atoms with Crippen LogP contribution >= 0.6 is 27.3 Å². The van der Waals surface area contributed by atoms with Gasteiger partial charge in [0.15, 0.2) is 5.13 Å². The summed E-state index contributed by atoms with van der Waals surface area (Å²) in [5, 5.41) is 3.57. The summed E-state index contributed by atoms with van der Waals surface area (Å²) in [5.74, 6) is 0.0336. The fourth-order valence-corrected chi connectivity index (χ4v) is 3.09. The van der Waals surface area contributed by atoms with Crippen molar-refractivity contribution in [2.75, 3.05) is 5.32 Å². The topological polar surface area (TPSA) is 42.0 Å². The molecule has 0 aliphatic rings. The summed E-state index contributed by atoms with van der Waals surface area (Å²) in [6.07, 6.45) is 2.29. The third-order valence-electron chi connectivity index (χ3n) is 2.86. The largest absolute Gasteiger partial charge is 0.302 e. The molecule has 5 heteroatoms. The van der Waals surface area contributed by atoms with E-state index in [-0.39, 0.29) is 5.91 Å². The van der Waals surface area contributed by atoms with E-state index < -0.39 is 0 Å². The number of anilines is 1. The number of aryl methyl sites for hydroxylation is 1.